The standard InChI is InChI=1S/C16H17N5O2/c1-22-9-8-17-15-12-5-3-2-4-11(12)13(19-20-15)16-18-14(21-23-16)10-6-7-10/h2-5,10H,6-9H2,1H3,(H,17,20). The van der Waals surface area contributed by atoms with Gasteiger partial charge in [-0.25, -0.2) is 0 Å². The van der Waals surface area contributed by atoms with E-state index in [2.05, 4.69) is 25.7 Å². The molecule has 0 atom stereocenters. The summed E-state index contributed by atoms with van der Waals surface area (Å²) in [7, 11) is 1.67. The first-order valence-corrected chi connectivity index (χ1v) is 7.69. The summed E-state index contributed by atoms with van der Waals surface area (Å²) < 4.78 is 10.5. The molecule has 0 bridgehead atoms. The number of hydrogen-bond donors (Lipinski definition) is 1. The van der Waals surface area contributed by atoms with Crippen molar-refractivity contribution in [1.29, 1.82) is 0 Å². The van der Waals surface area contributed by atoms with E-state index in [1.165, 1.54) is 0 Å². The van der Waals surface area contributed by atoms with Crippen molar-refractivity contribution in [2.75, 3.05) is 25.6 Å². The molecule has 0 spiro atoms. The molecule has 2 heterocycles. The van der Waals surface area contributed by atoms with Gasteiger partial charge in [0, 0.05) is 30.3 Å². The zero-order valence-electron chi connectivity index (χ0n) is 12.8. The molecule has 7 nitrogen and oxygen atoms in total. The summed E-state index contributed by atoms with van der Waals surface area (Å²) in [5, 5.41) is 17.8. The highest BCUT2D eigenvalue weighted by Gasteiger charge is 2.29. The molecule has 1 aliphatic carbocycles. The third-order valence-corrected chi connectivity index (χ3v) is 3.87. The average Bonchev–Trinajstić information content (AvgIpc) is 3.33. The summed E-state index contributed by atoms with van der Waals surface area (Å²) in [5.41, 5.74) is 0.622. The molecular formula is C16H17N5O2. The molecule has 2 aromatic heterocycles. The quantitative estimate of drug-likeness (QED) is 0.700. The van der Waals surface area contributed by atoms with Crippen molar-refractivity contribution in [2.45, 2.75) is 18.8 Å². The van der Waals surface area contributed by atoms with Crippen molar-refractivity contribution >= 4 is 16.6 Å². The predicted molar refractivity (Wildman–Crippen MR) is 85.2 cm³/mol. The van der Waals surface area contributed by atoms with Crippen LogP contribution in [-0.4, -0.2) is 40.6 Å². The first-order valence-electron chi connectivity index (χ1n) is 7.69. The Bertz CT molecular complexity index is 828. The van der Waals surface area contributed by atoms with E-state index in [0.29, 0.717) is 30.7 Å². The van der Waals surface area contributed by atoms with Crippen molar-refractivity contribution in [2.24, 2.45) is 0 Å². The van der Waals surface area contributed by atoms with Gasteiger partial charge in [-0.3, -0.25) is 0 Å². The van der Waals surface area contributed by atoms with E-state index in [1.807, 2.05) is 24.3 Å². The van der Waals surface area contributed by atoms with Gasteiger partial charge in [-0.05, 0) is 12.8 Å². The maximum atomic E-state index is 5.39. The van der Waals surface area contributed by atoms with E-state index < -0.39 is 0 Å². The molecule has 1 aromatic carbocycles. The second-order valence-electron chi connectivity index (χ2n) is 5.59. The largest absolute Gasteiger partial charge is 0.383 e. The molecule has 1 fully saturated rings. The second kappa shape index (κ2) is 5.92. The Morgan fingerprint density at radius 1 is 1.22 bits per heavy atom. The monoisotopic (exact) mass is 311 g/mol. The van der Waals surface area contributed by atoms with Gasteiger partial charge in [-0.2, -0.15) is 4.98 Å². The molecule has 23 heavy (non-hydrogen) atoms. The van der Waals surface area contributed by atoms with Crippen molar-refractivity contribution in [3.8, 4) is 11.6 Å². The van der Waals surface area contributed by atoms with Crippen LogP contribution in [0.25, 0.3) is 22.4 Å². The number of hydrogen-bond acceptors (Lipinski definition) is 7. The van der Waals surface area contributed by atoms with E-state index in [-0.39, 0.29) is 0 Å². The lowest BCUT2D eigenvalue weighted by molar-refractivity contribution is 0.210. The molecule has 0 amide bonds. The number of benzene rings is 1. The highest BCUT2D eigenvalue weighted by molar-refractivity contribution is 5.98. The number of methoxy groups -OCH3 is 1. The third-order valence-electron chi connectivity index (χ3n) is 3.87. The highest BCUT2D eigenvalue weighted by atomic mass is 16.5. The Hall–Kier alpha value is -2.54. The summed E-state index contributed by atoms with van der Waals surface area (Å²) in [4.78, 5) is 4.48. The number of ether oxygens (including phenoxy) is 1. The van der Waals surface area contributed by atoms with Gasteiger partial charge in [0.1, 0.15) is 0 Å². The number of nitrogens with zero attached hydrogens (tertiary/aromatic N) is 4. The lowest BCUT2D eigenvalue weighted by atomic mass is 10.1. The van der Waals surface area contributed by atoms with E-state index in [9.17, 15) is 0 Å². The van der Waals surface area contributed by atoms with Gasteiger partial charge in [0.15, 0.2) is 17.3 Å². The Kier molecular flexibility index (Phi) is 3.63. The average molecular weight is 311 g/mol. The minimum absolute atomic E-state index is 0.430. The third kappa shape index (κ3) is 2.75. The molecule has 0 radical (unpaired) electrons. The van der Waals surface area contributed by atoms with Crippen LogP contribution in [-0.2, 0) is 4.74 Å². The van der Waals surface area contributed by atoms with Crippen LogP contribution in [0.3, 0.4) is 0 Å². The van der Waals surface area contributed by atoms with Gasteiger partial charge in [0.25, 0.3) is 5.89 Å². The molecule has 0 saturated heterocycles. The summed E-state index contributed by atoms with van der Waals surface area (Å²) in [6.45, 7) is 1.27. The van der Waals surface area contributed by atoms with Crippen LogP contribution in [0.5, 0.6) is 0 Å². The summed E-state index contributed by atoms with van der Waals surface area (Å²) in [6.07, 6.45) is 2.27. The zero-order chi connectivity index (χ0) is 15.6. The van der Waals surface area contributed by atoms with Gasteiger partial charge in [0.05, 0.1) is 6.61 Å². The Balaban J connectivity index is 1.73. The predicted octanol–water partition coefficient (Wildman–Crippen LogP) is 2.62. The smallest absolute Gasteiger partial charge is 0.279 e. The normalized spacial score (nSPS) is 14.3. The van der Waals surface area contributed by atoms with Gasteiger partial charge in [0.2, 0.25) is 0 Å². The van der Waals surface area contributed by atoms with E-state index in [0.717, 1.165) is 35.3 Å². The molecule has 1 saturated carbocycles. The SMILES string of the molecule is COCCNc1nnc(-c2nc(C3CC3)no2)c2ccccc12. The van der Waals surface area contributed by atoms with Crippen LogP contribution in [0.1, 0.15) is 24.6 Å². The Morgan fingerprint density at radius 3 is 2.83 bits per heavy atom. The molecule has 3 aromatic rings. The lowest BCUT2D eigenvalue weighted by Crippen LogP contribution is -2.10. The summed E-state index contributed by atoms with van der Waals surface area (Å²) in [6, 6.07) is 7.92. The van der Waals surface area contributed by atoms with Crippen LogP contribution in [0, 0.1) is 0 Å². The fourth-order valence-electron chi connectivity index (χ4n) is 2.50. The molecule has 0 aliphatic heterocycles. The molecule has 4 rings (SSSR count). The molecule has 7 heteroatoms. The topological polar surface area (TPSA) is 86.0 Å². The van der Waals surface area contributed by atoms with Crippen LogP contribution in [0.4, 0.5) is 5.82 Å². The minimum Gasteiger partial charge on any atom is -0.383 e. The van der Waals surface area contributed by atoms with Crippen LogP contribution < -0.4 is 5.32 Å². The van der Waals surface area contributed by atoms with Crippen LogP contribution >= 0.6 is 0 Å². The summed E-state index contributed by atoms with van der Waals surface area (Å²) in [5.74, 6) is 2.37. The van der Waals surface area contributed by atoms with E-state index in [4.69, 9.17) is 9.26 Å². The Labute approximate surface area is 133 Å². The van der Waals surface area contributed by atoms with Gasteiger partial charge in [-0.1, -0.05) is 29.4 Å². The van der Waals surface area contributed by atoms with E-state index in [1.54, 1.807) is 7.11 Å². The first-order chi connectivity index (χ1) is 11.4. The van der Waals surface area contributed by atoms with Crippen molar-refractivity contribution in [3.05, 3.63) is 30.1 Å². The molecule has 1 aliphatic rings. The molecule has 118 valence electrons. The van der Waals surface area contributed by atoms with Crippen molar-refractivity contribution in [1.82, 2.24) is 20.3 Å². The fourth-order valence-corrected chi connectivity index (χ4v) is 2.50. The fraction of sp³-hybridized carbons (Fsp3) is 0.375. The maximum absolute atomic E-state index is 5.39. The number of aromatic nitrogens is 4. The Morgan fingerprint density at radius 2 is 2.04 bits per heavy atom. The minimum atomic E-state index is 0.430. The zero-order valence-corrected chi connectivity index (χ0v) is 12.8. The van der Waals surface area contributed by atoms with Crippen LogP contribution in [0.2, 0.25) is 0 Å². The summed E-state index contributed by atoms with van der Waals surface area (Å²) >= 11 is 0. The number of fused-ring (bicyclic) bond motifs is 1. The molecule has 0 unspecified atom stereocenters. The van der Waals surface area contributed by atoms with Crippen LogP contribution in [0.15, 0.2) is 28.8 Å². The lowest BCUT2D eigenvalue weighted by Gasteiger charge is -2.08. The van der Waals surface area contributed by atoms with Gasteiger partial charge in [-0.15, -0.1) is 10.2 Å². The van der Waals surface area contributed by atoms with Gasteiger partial charge < -0.3 is 14.6 Å². The first kappa shape index (κ1) is 14.1. The molecular weight excluding hydrogens is 294 g/mol. The highest BCUT2D eigenvalue weighted by Crippen LogP contribution is 2.39. The second-order valence-corrected chi connectivity index (χ2v) is 5.59. The van der Waals surface area contributed by atoms with Crippen molar-refractivity contribution in [3.63, 3.8) is 0 Å². The number of anilines is 1. The number of rotatable bonds is 6. The van der Waals surface area contributed by atoms with Gasteiger partial charge >= 0.3 is 0 Å². The molecule has 1 N–H and O–H groups in total. The van der Waals surface area contributed by atoms with E-state index >= 15 is 0 Å². The maximum Gasteiger partial charge on any atom is 0.279 e. The van der Waals surface area contributed by atoms with Crippen molar-refractivity contribution < 1.29 is 9.26 Å². The number of nitrogens with one attached hydrogen (secondary N) is 1.